The van der Waals surface area contributed by atoms with Gasteiger partial charge in [0.1, 0.15) is 0 Å². The Kier molecular flexibility index (Phi) is 5.50. The van der Waals surface area contributed by atoms with E-state index < -0.39 is 10.0 Å². The number of piperazine rings is 1. The molecule has 0 N–H and O–H groups in total. The van der Waals surface area contributed by atoms with Crippen LogP contribution in [0.25, 0.3) is 0 Å². The molecule has 6 rings (SSSR count). The largest absolute Gasteiger partial charge is 0.297 e. The molecule has 1 saturated heterocycles. The van der Waals surface area contributed by atoms with E-state index in [4.69, 9.17) is 0 Å². The molecule has 160 valence electrons. The van der Waals surface area contributed by atoms with Crippen LogP contribution in [0.4, 0.5) is 0 Å². The topological polar surface area (TPSA) is 40.6 Å². The molecule has 4 bridgehead atoms. The van der Waals surface area contributed by atoms with E-state index in [1.54, 1.807) is 4.31 Å². The van der Waals surface area contributed by atoms with Gasteiger partial charge in [-0.1, -0.05) is 25.5 Å². The fourth-order valence-electron chi connectivity index (χ4n) is 7.09. The zero-order valence-electron chi connectivity index (χ0n) is 17.8. The summed E-state index contributed by atoms with van der Waals surface area (Å²) in [5.41, 5.74) is 1.23. The molecule has 5 fully saturated rings. The third kappa shape index (κ3) is 3.79. The van der Waals surface area contributed by atoms with Crippen LogP contribution in [0.3, 0.4) is 0 Å². The number of hydrogen-bond donors (Lipinski definition) is 0. The molecule has 0 atom stereocenters. The Labute approximate surface area is 176 Å². The highest BCUT2D eigenvalue weighted by Crippen LogP contribution is 2.55. The van der Waals surface area contributed by atoms with Gasteiger partial charge in [-0.25, -0.2) is 8.42 Å². The maximum Gasteiger partial charge on any atom is 0.243 e. The lowest BCUT2D eigenvalue weighted by Gasteiger charge is -2.58. The highest BCUT2D eigenvalue weighted by atomic mass is 32.2. The van der Waals surface area contributed by atoms with Crippen molar-refractivity contribution in [3.8, 4) is 0 Å². The highest BCUT2D eigenvalue weighted by molar-refractivity contribution is 7.89. The summed E-state index contributed by atoms with van der Waals surface area (Å²) < 4.78 is 28.0. The lowest BCUT2D eigenvalue weighted by atomic mass is 9.54. The van der Waals surface area contributed by atoms with Gasteiger partial charge < -0.3 is 0 Å². The molecule has 5 aliphatic rings. The molecular formula is C24H36N2O2S. The summed E-state index contributed by atoms with van der Waals surface area (Å²) in [6.45, 7) is 5.27. The highest BCUT2D eigenvalue weighted by Gasteiger charge is 2.50. The molecule has 0 aromatic heterocycles. The number of nitrogens with zero attached hydrogens (tertiary/aromatic N) is 2. The zero-order chi connectivity index (χ0) is 20.0. The van der Waals surface area contributed by atoms with Crippen molar-refractivity contribution in [1.82, 2.24) is 9.21 Å². The van der Waals surface area contributed by atoms with Crippen LogP contribution in [0, 0.1) is 23.7 Å². The molecular weight excluding hydrogens is 380 g/mol. The van der Waals surface area contributed by atoms with Gasteiger partial charge in [0.05, 0.1) is 4.90 Å². The Morgan fingerprint density at radius 2 is 1.45 bits per heavy atom. The predicted molar refractivity (Wildman–Crippen MR) is 116 cm³/mol. The van der Waals surface area contributed by atoms with Crippen molar-refractivity contribution in [2.24, 2.45) is 23.7 Å². The van der Waals surface area contributed by atoms with E-state index in [1.165, 1.54) is 37.7 Å². The third-order valence-electron chi connectivity index (χ3n) is 8.25. The van der Waals surface area contributed by atoms with Crippen molar-refractivity contribution in [2.75, 3.05) is 26.2 Å². The molecule has 4 nitrogen and oxygen atoms in total. The van der Waals surface area contributed by atoms with Gasteiger partial charge in [-0.3, -0.25) is 4.90 Å². The van der Waals surface area contributed by atoms with Crippen LogP contribution in [-0.2, 0) is 16.4 Å². The number of unbranched alkanes of at least 4 members (excludes halogenated alkanes) is 1. The Morgan fingerprint density at radius 1 is 0.862 bits per heavy atom. The Morgan fingerprint density at radius 3 is 2.00 bits per heavy atom. The lowest BCUT2D eigenvalue weighted by molar-refractivity contribution is -0.0720. The zero-order valence-corrected chi connectivity index (χ0v) is 18.6. The molecule has 1 aliphatic heterocycles. The molecule has 0 unspecified atom stereocenters. The number of sulfonamides is 1. The van der Waals surface area contributed by atoms with E-state index in [-0.39, 0.29) is 0 Å². The van der Waals surface area contributed by atoms with Crippen molar-refractivity contribution in [1.29, 1.82) is 0 Å². The predicted octanol–water partition coefficient (Wildman–Crippen LogP) is 4.16. The first-order chi connectivity index (χ1) is 14.0. The number of aryl methyl sites for hydroxylation is 1. The molecule has 0 amide bonds. The van der Waals surface area contributed by atoms with Crippen LogP contribution in [0.15, 0.2) is 29.2 Å². The van der Waals surface area contributed by atoms with Gasteiger partial charge in [0.15, 0.2) is 0 Å². The maximum absolute atomic E-state index is 13.1. The minimum atomic E-state index is -3.37. The fourth-order valence-corrected chi connectivity index (χ4v) is 8.52. The molecule has 1 aromatic carbocycles. The summed E-state index contributed by atoms with van der Waals surface area (Å²) in [6, 6.07) is 8.33. The summed E-state index contributed by atoms with van der Waals surface area (Å²) in [6.07, 6.45) is 10.6. The molecule has 4 saturated carbocycles. The summed E-state index contributed by atoms with van der Waals surface area (Å²) >= 11 is 0. The summed E-state index contributed by atoms with van der Waals surface area (Å²) in [7, 11) is -3.37. The van der Waals surface area contributed by atoms with Crippen molar-refractivity contribution < 1.29 is 8.42 Å². The van der Waals surface area contributed by atoms with Crippen molar-refractivity contribution >= 4 is 10.0 Å². The van der Waals surface area contributed by atoms with Crippen molar-refractivity contribution in [2.45, 2.75) is 69.2 Å². The number of benzene rings is 1. The van der Waals surface area contributed by atoms with Crippen LogP contribution < -0.4 is 0 Å². The standard InChI is InChI=1S/C24H36N2O2S/c1-2-3-4-18-5-7-23(8-6-18)29(27,28)26-11-9-25(10-12-26)24-21-14-19-13-20(16-21)17-22(24)15-19/h5-8,19-22,24H,2-4,9-17H2,1H3. The van der Waals surface area contributed by atoms with Gasteiger partial charge >= 0.3 is 0 Å². The second-order valence-electron chi connectivity index (χ2n) is 10.1. The molecule has 1 aromatic rings. The summed E-state index contributed by atoms with van der Waals surface area (Å²) in [5.74, 6) is 3.75. The minimum Gasteiger partial charge on any atom is -0.297 e. The maximum atomic E-state index is 13.1. The van der Waals surface area contributed by atoms with Crippen LogP contribution in [0.2, 0.25) is 0 Å². The molecule has 0 radical (unpaired) electrons. The molecule has 29 heavy (non-hydrogen) atoms. The first-order valence-corrected chi connectivity index (χ1v) is 13.3. The SMILES string of the molecule is CCCCc1ccc(S(=O)(=O)N2CCN(C3C4CC5CC(C4)CC3C5)CC2)cc1. The average molecular weight is 417 g/mol. The Balaban J connectivity index is 1.22. The summed E-state index contributed by atoms with van der Waals surface area (Å²) in [5, 5.41) is 0. The first kappa shape index (κ1) is 20.0. The van der Waals surface area contributed by atoms with Crippen LogP contribution in [0.5, 0.6) is 0 Å². The normalized spacial score (nSPS) is 35.3. The van der Waals surface area contributed by atoms with Crippen LogP contribution in [-0.4, -0.2) is 49.8 Å². The average Bonchev–Trinajstić information content (AvgIpc) is 2.72. The van der Waals surface area contributed by atoms with Crippen molar-refractivity contribution in [3.63, 3.8) is 0 Å². The first-order valence-electron chi connectivity index (χ1n) is 11.9. The van der Waals surface area contributed by atoms with E-state index >= 15 is 0 Å². The van der Waals surface area contributed by atoms with Gasteiger partial charge in [-0.15, -0.1) is 0 Å². The molecule has 0 spiro atoms. The van der Waals surface area contributed by atoms with E-state index in [0.29, 0.717) is 18.0 Å². The Hall–Kier alpha value is -0.910. The number of rotatable bonds is 6. The quantitative estimate of drug-likeness (QED) is 0.699. The van der Waals surface area contributed by atoms with E-state index in [0.717, 1.165) is 62.1 Å². The van der Waals surface area contributed by atoms with Gasteiger partial charge in [0.2, 0.25) is 10.0 Å². The second-order valence-corrected chi connectivity index (χ2v) is 12.0. The van der Waals surface area contributed by atoms with Gasteiger partial charge in [0.25, 0.3) is 0 Å². The van der Waals surface area contributed by atoms with E-state index in [2.05, 4.69) is 11.8 Å². The monoisotopic (exact) mass is 416 g/mol. The molecule has 1 heterocycles. The van der Waals surface area contributed by atoms with E-state index in [9.17, 15) is 8.42 Å². The fraction of sp³-hybridized carbons (Fsp3) is 0.750. The summed E-state index contributed by atoms with van der Waals surface area (Å²) in [4.78, 5) is 3.12. The lowest BCUT2D eigenvalue weighted by Crippen LogP contribution is -2.60. The second kappa shape index (κ2) is 7.97. The van der Waals surface area contributed by atoms with E-state index in [1.807, 2.05) is 24.3 Å². The van der Waals surface area contributed by atoms with Gasteiger partial charge in [-0.2, -0.15) is 4.31 Å². The minimum absolute atomic E-state index is 0.459. The molecule has 4 aliphatic carbocycles. The van der Waals surface area contributed by atoms with Gasteiger partial charge in [-0.05, 0) is 86.3 Å². The third-order valence-corrected chi connectivity index (χ3v) is 10.2. The smallest absolute Gasteiger partial charge is 0.243 e. The van der Waals surface area contributed by atoms with Crippen molar-refractivity contribution in [3.05, 3.63) is 29.8 Å². The van der Waals surface area contributed by atoms with Crippen LogP contribution in [0.1, 0.15) is 57.4 Å². The Bertz CT molecular complexity index is 784. The van der Waals surface area contributed by atoms with Gasteiger partial charge in [0, 0.05) is 32.2 Å². The number of hydrogen-bond acceptors (Lipinski definition) is 3. The van der Waals surface area contributed by atoms with Crippen LogP contribution >= 0.6 is 0 Å². The molecule has 5 heteroatoms.